The van der Waals surface area contributed by atoms with Crippen molar-refractivity contribution < 1.29 is 4.79 Å². The van der Waals surface area contributed by atoms with Crippen molar-refractivity contribution in [3.05, 3.63) is 0 Å². The van der Waals surface area contributed by atoms with Gasteiger partial charge >= 0.3 is 0 Å². The number of nitrogens with one attached hydrogen (secondary N) is 1. The number of hydrogen-bond donors (Lipinski definition) is 1. The Balaban J connectivity index is 4.15. The van der Waals surface area contributed by atoms with E-state index in [1.54, 1.807) is 6.92 Å². The van der Waals surface area contributed by atoms with Crippen LogP contribution in [0, 0.1) is 17.8 Å². The molecule has 2 nitrogen and oxygen atoms in total. The van der Waals surface area contributed by atoms with E-state index in [-0.39, 0.29) is 17.4 Å². The van der Waals surface area contributed by atoms with Crippen molar-refractivity contribution in [2.75, 3.05) is 0 Å². The van der Waals surface area contributed by atoms with Crippen molar-refractivity contribution >= 4 is 5.91 Å². The standard InChI is InChI=1S/C10H17NO/c1-6-8(3)11-9(12)10(4,5)7-2/h1,8H,7H2,2-5H3,(H,11,12). The number of carbonyl (C=O) groups is 1. The molecule has 0 radical (unpaired) electrons. The summed E-state index contributed by atoms with van der Waals surface area (Å²) in [5.74, 6) is 2.48. The maximum absolute atomic E-state index is 11.5. The van der Waals surface area contributed by atoms with Gasteiger partial charge < -0.3 is 5.32 Å². The first-order valence-electron chi connectivity index (χ1n) is 4.21. The molecule has 1 unspecified atom stereocenters. The maximum Gasteiger partial charge on any atom is 0.226 e. The predicted octanol–water partition coefficient (Wildman–Crippen LogP) is 1.56. The SMILES string of the molecule is C#CC(C)NC(=O)C(C)(C)CC. The Morgan fingerprint density at radius 3 is 2.50 bits per heavy atom. The van der Waals surface area contributed by atoms with E-state index in [1.807, 2.05) is 20.8 Å². The molecule has 0 aliphatic heterocycles. The van der Waals surface area contributed by atoms with Crippen LogP contribution in [0.1, 0.15) is 34.1 Å². The van der Waals surface area contributed by atoms with Gasteiger partial charge in [-0.05, 0) is 13.3 Å². The number of carbonyl (C=O) groups excluding carboxylic acids is 1. The fourth-order valence-corrected chi connectivity index (χ4v) is 0.594. The lowest BCUT2D eigenvalue weighted by Crippen LogP contribution is -2.40. The molecule has 1 amide bonds. The van der Waals surface area contributed by atoms with Crippen LogP contribution in [0.5, 0.6) is 0 Å². The molecule has 0 aliphatic carbocycles. The lowest BCUT2D eigenvalue weighted by Gasteiger charge is -2.22. The van der Waals surface area contributed by atoms with Crippen LogP contribution in [0.3, 0.4) is 0 Å². The maximum atomic E-state index is 11.5. The van der Waals surface area contributed by atoms with Crippen LogP contribution in [0.2, 0.25) is 0 Å². The van der Waals surface area contributed by atoms with E-state index in [1.165, 1.54) is 0 Å². The Labute approximate surface area is 74.7 Å². The summed E-state index contributed by atoms with van der Waals surface area (Å²) < 4.78 is 0. The van der Waals surface area contributed by atoms with Crippen molar-refractivity contribution in [2.45, 2.75) is 40.2 Å². The van der Waals surface area contributed by atoms with Crippen molar-refractivity contribution in [1.29, 1.82) is 0 Å². The van der Waals surface area contributed by atoms with Crippen molar-refractivity contribution in [2.24, 2.45) is 5.41 Å². The molecule has 0 aromatic heterocycles. The van der Waals surface area contributed by atoms with Crippen molar-refractivity contribution in [3.63, 3.8) is 0 Å². The topological polar surface area (TPSA) is 29.1 Å². The summed E-state index contributed by atoms with van der Waals surface area (Å²) in [7, 11) is 0. The third kappa shape index (κ3) is 2.96. The molecule has 0 fully saturated rings. The van der Waals surface area contributed by atoms with E-state index in [9.17, 15) is 4.79 Å². The Bertz CT molecular complexity index is 200. The molecular formula is C10H17NO. The van der Waals surface area contributed by atoms with Gasteiger partial charge in [0.15, 0.2) is 0 Å². The highest BCUT2D eigenvalue weighted by Gasteiger charge is 2.25. The highest BCUT2D eigenvalue weighted by atomic mass is 16.2. The molecule has 0 aliphatic rings. The van der Waals surface area contributed by atoms with Crippen LogP contribution in [0.4, 0.5) is 0 Å². The van der Waals surface area contributed by atoms with E-state index in [0.29, 0.717) is 0 Å². The van der Waals surface area contributed by atoms with Gasteiger partial charge in [0.2, 0.25) is 5.91 Å². The normalized spacial score (nSPS) is 13.2. The third-order valence-corrected chi connectivity index (χ3v) is 2.10. The molecule has 0 aromatic rings. The molecule has 0 spiro atoms. The van der Waals surface area contributed by atoms with Gasteiger partial charge in [0, 0.05) is 5.41 Å². The number of hydrogen-bond acceptors (Lipinski definition) is 1. The van der Waals surface area contributed by atoms with Gasteiger partial charge in [-0.3, -0.25) is 4.79 Å². The zero-order valence-corrected chi connectivity index (χ0v) is 8.27. The fraction of sp³-hybridized carbons (Fsp3) is 0.700. The van der Waals surface area contributed by atoms with Gasteiger partial charge in [-0.2, -0.15) is 0 Å². The minimum atomic E-state index is -0.314. The molecule has 0 aromatic carbocycles. The largest absolute Gasteiger partial charge is 0.342 e. The van der Waals surface area contributed by atoms with Crippen LogP contribution in [-0.2, 0) is 4.79 Å². The van der Waals surface area contributed by atoms with E-state index in [0.717, 1.165) is 6.42 Å². The highest BCUT2D eigenvalue weighted by molar-refractivity contribution is 5.82. The molecule has 2 heteroatoms. The van der Waals surface area contributed by atoms with Gasteiger partial charge in [0.05, 0.1) is 6.04 Å². The summed E-state index contributed by atoms with van der Waals surface area (Å²) in [6.07, 6.45) is 5.96. The first-order chi connectivity index (χ1) is 5.44. The van der Waals surface area contributed by atoms with E-state index in [4.69, 9.17) is 6.42 Å². The van der Waals surface area contributed by atoms with Crippen LogP contribution in [0.25, 0.3) is 0 Å². The Hall–Kier alpha value is -0.970. The Morgan fingerprint density at radius 1 is 1.67 bits per heavy atom. The molecule has 12 heavy (non-hydrogen) atoms. The molecule has 0 bridgehead atoms. The summed E-state index contributed by atoms with van der Waals surface area (Å²) in [5, 5.41) is 2.75. The monoisotopic (exact) mass is 167 g/mol. The van der Waals surface area contributed by atoms with Crippen molar-refractivity contribution in [1.82, 2.24) is 5.32 Å². The first-order valence-corrected chi connectivity index (χ1v) is 4.21. The lowest BCUT2D eigenvalue weighted by molar-refractivity contribution is -0.129. The summed E-state index contributed by atoms with van der Waals surface area (Å²) in [5.41, 5.74) is -0.314. The number of rotatable bonds is 3. The lowest BCUT2D eigenvalue weighted by atomic mass is 9.89. The second-order valence-corrected chi connectivity index (χ2v) is 3.60. The minimum absolute atomic E-state index is 0.0236. The average molecular weight is 167 g/mol. The predicted molar refractivity (Wildman–Crippen MR) is 50.5 cm³/mol. The summed E-state index contributed by atoms with van der Waals surface area (Å²) in [6, 6.07) is -0.177. The molecule has 0 heterocycles. The van der Waals surface area contributed by atoms with Crippen LogP contribution < -0.4 is 5.32 Å². The molecule has 0 saturated carbocycles. The van der Waals surface area contributed by atoms with Gasteiger partial charge in [0.25, 0.3) is 0 Å². The third-order valence-electron chi connectivity index (χ3n) is 2.10. The number of terminal acetylenes is 1. The Kier molecular flexibility index (Phi) is 3.82. The quantitative estimate of drug-likeness (QED) is 0.635. The van der Waals surface area contributed by atoms with E-state index < -0.39 is 0 Å². The molecule has 0 saturated heterocycles. The minimum Gasteiger partial charge on any atom is -0.342 e. The second kappa shape index (κ2) is 4.15. The molecule has 1 N–H and O–H groups in total. The smallest absolute Gasteiger partial charge is 0.226 e. The molecular weight excluding hydrogens is 150 g/mol. The van der Waals surface area contributed by atoms with Crippen LogP contribution in [-0.4, -0.2) is 11.9 Å². The average Bonchev–Trinajstić information content (AvgIpc) is 2.04. The summed E-state index contributed by atoms with van der Waals surface area (Å²) in [6.45, 7) is 7.60. The van der Waals surface area contributed by atoms with E-state index >= 15 is 0 Å². The summed E-state index contributed by atoms with van der Waals surface area (Å²) in [4.78, 5) is 11.5. The molecule has 0 rings (SSSR count). The van der Waals surface area contributed by atoms with Gasteiger partial charge in [-0.1, -0.05) is 26.7 Å². The zero-order chi connectivity index (χ0) is 9.78. The fourth-order valence-electron chi connectivity index (χ4n) is 0.594. The van der Waals surface area contributed by atoms with Crippen LogP contribution >= 0.6 is 0 Å². The molecule has 68 valence electrons. The summed E-state index contributed by atoms with van der Waals surface area (Å²) >= 11 is 0. The van der Waals surface area contributed by atoms with Crippen LogP contribution in [0.15, 0.2) is 0 Å². The first kappa shape index (κ1) is 11.0. The zero-order valence-electron chi connectivity index (χ0n) is 8.27. The van der Waals surface area contributed by atoms with Crippen molar-refractivity contribution in [3.8, 4) is 12.3 Å². The molecule has 1 atom stereocenters. The van der Waals surface area contributed by atoms with Gasteiger partial charge in [-0.25, -0.2) is 0 Å². The second-order valence-electron chi connectivity index (χ2n) is 3.60. The Morgan fingerprint density at radius 2 is 2.17 bits per heavy atom. The van der Waals surface area contributed by atoms with Gasteiger partial charge in [0.1, 0.15) is 0 Å². The number of amides is 1. The highest BCUT2D eigenvalue weighted by Crippen LogP contribution is 2.19. The van der Waals surface area contributed by atoms with Gasteiger partial charge in [-0.15, -0.1) is 6.42 Å². The van der Waals surface area contributed by atoms with E-state index in [2.05, 4.69) is 11.2 Å².